The first kappa shape index (κ1) is 13.3. The third-order valence-electron chi connectivity index (χ3n) is 2.70. The lowest BCUT2D eigenvalue weighted by Gasteiger charge is -2.04. The Kier molecular flexibility index (Phi) is 3.41. The molecule has 6 nitrogen and oxygen atoms in total. The summed E-state index contributed by atoms with van der Waals surface area (Å²) in [7, 11) is 0. The van der Waals surface area contributed by atoms with Crippen LogP contribution in [0.15, 0.2) is 41.4 Å². The molecule has 1 amide bonds. The van der Waals surface area contributed by atoms with Crippen LogP contribution in [0, 0.1) is 5.95 Å². The molecule has 0 atom stereocenters. The van der Waals surface area contributed by atoms with E-state index in [1.807, 2.05) is 0 Å². The van der Waals surface area contributed by atoms with Gasteiger partial charge in [-0.3, -0.25) is 10.1 Å². The molecule has 0 fully saturated rings. The highest BCUT2D eigenvalue weighted by Gasteiger charge is 2.17. The van der Waals surface area contributed by atoms with Crippen LogP contribution in [0.3, 0.4) is 0 Å². The predicted molar refractivity (Wildman–Crippen MR) is 73.4 cm³/mol. The van der Waals surface area contributed by atoms with E-state index in [4.69, 9.17) is 16.0 Å². The van der Waals surface area contributed by atoms with Gasteiger partial charge in [-0.05, 0) is 12.1 Å². The average Bonchev–Trinajstić information content (AvgIpc) is 3.12. The van der Waals surface area contributed by atoms with E-state index < -0.39 is 11.9 Å². The number of carbonyl (C=O) groups is 1. The SMILES string of the molecule is O=C(Nc1ncc(Cl)c(F)n1)c1c[nH]cc1-c1ccco1. The van der Waals surface area contributed by atoms with Gasteiger partial charge in [0, 0.05) is 18.0 Å². The van der Waals surface area contributed by atoms with Crippen molar-refractivity contribution in [3.05, 3.63) is 53.5 Å². The largest absolute Gasteiger partial charge is 0.464 e. The molecule has 0 aromatic carbocycles. The zero-order valence-electron chi connectivity index (χ0n) is 10.4. The Morgan fingerprint density at radius 1 is 1.43 bits per heavy atom. The maximum Gasteiger partial charge on any atom is 0.260 e. The van der Waals surface area contributed by atoms with Crippen LogP contribution in [0.4, 0.5) is 10.3 Å². The Morgan fingerprint density at radius 3 is 3.00 bits per heavy atom. The highest BCUT2D eigenvalue weighted by Crippen LogP contribution is 2.24. The number of anilines is 1. The molecule has 0 saturated carbocycles. The molecule has 8 heteroatoms. The first-order valence-electron chi connectivity index (χ1n) is 5.85. The van der Waals surface area contributed by atoms with Crippen molar-refractivity contribution in [1.29, 1.82) is 0 Å². The van der Waals surface area contributed by atoms with Gasteiger partial charge in [0.15, 0.2) is 0 Å². The monoisotopic (exact) mass is 306 g/mol. The highest BCUT2D eigenvalue weighted by atomic mass is 35.5. The van der Waals surface area contributed by atoms with Crippen LogP contribution in [-0.4, -0.2) is 20.9 Å². The topological polar surface area (TPSA) is 83.8 Å². The summed E-state index contributed by atoms with van der Waals surface area (Å²) >= 11 is 5.48. The highest BCUT2D eigenvalue weighted by molar-refractivity contribution is 6.30. The van der Waals surface area contributed by atoms with Crippen molar-refractivity contribution in [3.8, 4) is 11.3 Å². The zero-order chi connectivity index (χ0) is 14.8. The van der Waals surface area contributed by atoms with Crippen molar-refractivity contribution in [2.45, 2.75) is 0 Å². The minimum atomic E-state index is -0.901. The molecule has 0 aliphatic heterocycles. The Balaban J connectivity index is 1.86. The molecule has 0 aliphatic carbocycles. The smallest absolute Gasteiger partial charge is 0.260 e. The maximum absolute atomic E-state index is 13.2. The lowest BCUT2D eigenvalue weighted by molar-refractivity contribution is 0.102. The van der Waals surface area contributed by atoms with E-state index in [9.17, 15) is 9.18 Å². The number of aromatic amines is 1. The number of rotatable bonds is 3. The van der Waals surface area contributed by atoms with E-state index >= 15 is 0 Å². The van der Waals surface area contributed by atoms with Gasteiger partial charge in [-0.25, -0.2) is 4.98 Å². The third-order valence-corrected chi connectivity index (χ3v) is 2.96. The van der Waals surface area contributed by atoms with Gasteiger partial charge in [0.1, 0.15) is 10.8 Å². The van der Waals surface area contributed by atoms with Gasteiger partial charge >= 0.3 is 0 Å². The van der Waals surface area contributed by atoms with Crippen LogP contribution in [-0.2, 0) is 0 Å². The van der Waals surface area contributed by atoms with Gasteiger partial charge in [0.05, 0.1) is 18.0 Å². The number of amides is 1. The average molecular weight is 307 g/mol. The molecule has 0 aliphatic rings. The van der Waals surface area contributed by atoms with Crippen LogP contribution in [0.25, 0.3) is 11.3 Å². The molecule has 0 bridgehead atoms. The van der Waals surface area contributed by atoms with Crippen molar-refractivity contribution < 1.29 is 13.6 Å². The summed E-state index contributed by atoms with van der Waals surface area (Å²) in [5.41, 5.74) is 0.899. The molecule has 0 unspecified atom stereocenters. The van der Waals surface area contributed by atoms with E-state index in [0.717, 1.165) is 6.20 Å². The number of aromatic nitrogens is 3. The quantitative estimate of drug-likeness (QED) is 0.728. The second-order valence-corrected chi connectivity index (χ2v) is 4.45. The van der Waals surface area contributed by atoms with Gasteiger partial charge in [-0.15, -0.1) is 0 Å². The molecule has 106 valence electrons. The van der Waals surface area contributed by atoms with Crippen LogP contribution in [0.2, 0.25) is 5.02 Å². The number of halogens is 2. The van der Waals surface area contributed by atoms with Crippen LogP contribution < -0.4 is 5.32 Å². The minimum Gasteiger partial charge on any atom is -0.464 e. The summed E-state index contributed by atoms with van der Waals surface area (Å²) < 4.78 is 18.5. The van der Waals surface area contributed by atoms with Crippen molar-refractivity contribution in [3.63, 3.8) is 0 Å². The maximum atomic E-state index is 13.2. The molecule has 3 heterocycles. The number of hydrogen-bond donors (Lipinski definition) is 2. The van der Waals surface area contributed by atoms with Crippen LogP contribution in [0.5, 0.6) is 0 Å². The van der Waals surface area contributed by atoms with Gasteiger partial charge in [-0.2, -0.15) is 9.37 Å². The first-order chi connectivity index (χ1) is 10.1. The Labute approximate surface area is 123 Å². The number of carbonyl (C=O) groups excluding carboxylic acids is 1. The summed E-state index contributed by atoms with van der Waals surface area (Å²) in [5, 5.41) is 2.18. The second kappa shape index (κ2) is 5.37. The molecule has 2 N–H and O–H groups in total. The normalized spacial score (nSPS) is 10.6. The van der Waals surface area contributed by atoms with Crippen molar-refractivity contribution in [2.24, 2.45) is 0 Å². The second-order valence-electron chi connectivity index (χ2n) is 4.05. The number of nitrogens with zero attached hydrogens (tertiary/aromatic N) is 2. The van der Waals surface area contributed by atoms with E-state index in [0.29, 0.717) is 16.9 Å². The predicted octanol–water partition coefficient (Wildman–Crippen LogP) is 3.11. The summed E-state index contributed by atoms with van der Waals surface area (Å²) in [5.74, 6) is -1.04. The summed E-state index contributed by atoms with van der Waals surface area (Å²) in [6.45, 7) is 0. The molecule has 3 rings (SSSR count). The fraction of sp³-hybridized carbons (Fsp3) is 0. The molecular weight excluding hydrogens is 299 g/mol. The fourth-order valence-corrected chi connectivity index (χ4v) is 1.85. The lowest BCUT2D eigenvalue weighted by atomic mass is 10.1. The van der Waals surface area contributed by atoms with E-state index in [1.54, 1.807) is 18.3 Å². The Morgan fingerprint density at radius 2 is 2.29 bits per heavy atom. The fourth-order valence-electron chi connectivity index (χ4n) is 1.76. The molecule has 21 heavy (non-hydrogen) atoms. The molecule has 0 radical (unpaired) electrons. The van der Waals surface area contributed by atoms with Gasteiger partial charge in [-0.1, -0.05) is 11.6 Å². The van der Waals surface area contributed by atoms with Crippen molar-refractivity contribution in [2.75, 3.05) is 5.32 Å². The Hall–Kier alpha value is -2.67. The number of H-pyrrole nitrogens is 1. The van der Waals surface area contributed by atoms with Crippen molar-refractivity contribution >= 4 is 23.5 Å². The third kappa shape index (κ3) is 2.63. The number of nitrogens with one attached hydrogen (secondary N) is 2. The van der Waals surface area contributed by atoms with Crippen LogP contribution in [0.1, 0.15) is 10.4 Å². The molecule has 3 aromatic heterocycles. The van der Waals surface area contributed by atoms with Crippen LogP contribution >= 0.6 is 11.6 Å². The minimum absolute atomic E-state index is 0.173. The molecular formula is C13H8ClFN4O2. The van der Waals surface area contributed by atoms with Gasteiger partial charge in [0.2, 0.25) is 11.9 Å². The Bertz CT molecular complexity index is 785. The van der Waals surface area contributed by atoms with E-state index in [2.05, 4.69) is 20.3 Å². The molecule has 3 aromatic rings. The molecule has 0 saturated heterocycles. The number of furan rings is 1. The summed E-state index contributed by atoms with van der Waals surface area (Å²) in [6.07, 6.45) is 5.70. The van der Waals surface area contributed by atoms with Crippen molar-refractivity contribution in [1.82, 2.24) is 15.0 Å². The zero-order valence-corrected chi connectivity index (χ0v) is 11.2. The first-order valence-corrected chi connectivity index (χ1v) is 6.23. The summed E-state index contributed by atoms with van der Waals surface area (Å²) in [6, 6.07) is 3.43. The molecule has 0 spiro atoms. The lowest BCUT2D eigenvalue weighted by Crippen LogP contribution is -2.14. The van der Waals surface area contributed by atoms with Gasteiger partial charge in [0.25, 0.3) is 5.91 Å². The van der Waals surface area contributed by atoms with E-state index in [-0.39, 0.29) is 11.0 Å². The van der Waals surface area contributed by atoms with E-state index in [1.165, 1.54) is 12.5 Å². The number of hydrogen-bond acceptors (Lipinski definition) is 4. The standard InChI is InChI=1S/C13H8ClFN4O2/c14-9-6-17-13(18-11(9)15)19-12(20)8-5-16-4-7(8)10-2-1-3-21-10/h1-6,16H,(H,17,18,19,20). The summed E-state index contributed by atoms with van der Waals surface area (Å²) in [4.78, 5) is 22.2. The van der Waals surface area contributed by atoms with Gasteiger partial charge < -0.3 is 9.40 Å².